The summed E-state index contributed by atoms with van der Waals surface area (Å²) in [6.45, 7) is 9.14. The van der Waals surface area contributed by atoms with Crippen molar-refractivity contribution >= 4 is 5.78 Å². The number of hydrogen-bond donors (Lipinski definition) is 1. The molecule has 1 saturated carbocycles. The Balaban J connectivity index is 1.89. The first-order valence-corrected chi connectivity index (χ1v) is 12.3. The second-order valence-corrected chi connectivity index (χ2v) is 10.4. The molecule has 0 spiro atoms. The first-order valence-electron chi connectivity index (χ1n) is 12.3. The summed E-state index contributed by atoms with van der Waals surface area (Å²) in [5, 5.41) is 10.7. The summed E-state index contributed by atoms with van der Waals surface area (Å²) in [6, 6.07) is 16.5. The fourth-order valence-corrected chi connectivity index (χ4v) is 4.75. The van der Waals surface area contributed by atoms with Gasteiger partial charge in [-0.2, -0.15) is 0 Å². The zero-order valence-electron chi connectivity index (χ0n) is 20.3. The highest BCUT2D eigenvalue weighted by Crippen LogP contribution is 2.42. The van der Waals surface area contributed by atoms with Crippen molar-refractivity contribution in [1.82, 2.24) is 0 Å². The van der Waals surface area contributed by atoms with E-state index in [2.05, 4.69) is 51.1 Å². The molecule has 32 heavy (non-hydrogen) atoms. The largest absolute Gasteiger partial charge is 0.489 e. The van der Waals surface area contributed by atoms with Gasteiger partial charge in [0.2, 0.25) is 0 Å². The standard InChI is InChI=1S/C29H40O3/c1-5-6-7-11-17-28(2,3)23-14-15-24(25-20-29(4,31)18-16-26(25)30)27(19-23)32-21-22-12-9-8-10-13-22/h8-10,12-15,19,25,31H,5-7,11,16-18,20-21H2,1-4H3. The Hall–Kier alpha value is -2.13. The normalized spacial score (nSPS) is 21.5. The van der Waals surface area contributed by atoms with Gasteiger partial charge in [0.05, 0.1) is 5.60 Å². The van der Waals surface area contributed by atoms with Crippen LogP contribution in [0.2, 0.25) is 0 Å². The molecular weight excluding hydrogens is 396 g/mol. The number of ketones is 1. The Bertz CT molecular complexity index is 883. The van der Waals surface area contributed by atoms with Gasteiger partial charge in [0.25, 0.3) is 0 Å². The SMILES string of the molecule is CCCCCCC(C)(C)c1ccc(C2CC(C)(O)CCC2=O)c(OCc2ccccc2)c1. The van der Waals surface area contributed by atoms with Crippen molar-refractivity contribution in [3.8, 4) is 5.75 Å². The van der Waals surface area contributed by atoms with Crippen LogP contribution < -0.4 is 4.74 Å². The highest BCUT2D eigenvalue weighted by atomic mass is 16.5. The lowest BCUT2D eigenvalue weighted by molar-refractivity contribution is -0.127. The van der Waals surface area contributed by atoms with E-state index in [1.54, 1.807) is 0 Å². The molecule has 0 saturated heterocycles. The molecule has 2 aromatic carbocycles. The molecule has 0 bridgehead atoms. The van der Waals surface area contributed by atoms with Gasteiger partial charge in [0.1, 0.15) is 18.1 Å². The smallest absolute Gasteiger partial charge is 0.140 e. The Morgan fingerprint density at radius 1 is 1.09 bits per heavy atom. The Kier molecular flexibility index (Phi) is 8.16. The predicted molar refractivity (Wildman–Crippen MR) is 131 cm³/mol. The van der Waals surface area contributed by atoms with E-state index in [0.717, 1.165) is 23.3 Å². The summed E-state index contributed by atoms with van der Waals surface area (Å²) in [5.41, 5.74) is 2.49. The van der Waals surface area contributed by atoms with Crippen molar-refractivity contribution in [2.45, 2.75) is 103 Å². The van der Waals surface area contributed by atoms with Crippen molar-refractivity contribution in [3.05, 3.63) is 65.2 Å². The molecule has 0 radical (unpaired) electrons. The predicted octanol–water partition coefficient (Wildman–Crippen LogP) is 7.10. The van der Waals surface area contributed by atoms with Gasteiger partial charge in [-0.25, -0.2) is 0 Å². The summed E-state index contributed by atoms with van der Waals surface area (Å²) in [5.74, 6) is 0.669. The summed E-state index contributed by atoms with van der Waals surface area (Å²) in [4.78, 5) is 12.8. The van der Waals surface area contributed by atoms with Gasteiger partial charge >= 0.3 is 0 Å². The molecule has 0 aliphatic heterocycles. The van der Waals surface area contributed by atoms with E-state index in [4.69, 9.17) is 4.74 Å². The van der Waals surface area contributed by atoms with Crippen molar-refractivity contribution in [2.24, 2.45) is 0 Å². The number of unbranched alkanes of at least 4 members (excludes halogenated alkanes) is 3. The maximum atomic E-state index is 12.8. The van der Waals surface area contributed by atoms with Gasteiger partial charge in [-0.1, -0.05) is 88.9 Å². The molecule has 2 unspecified atom stereocenters. The van der Waals surface area contributed by atoms with E-state index >= 15 is 0 Å². The minimum absolute atomic E-state index is 0.0409. The summed E-state index contributed by atoms with van der Waals surface area (Å²) < 4.78 is 6.34. The second-order valence-electron chi connectivity index (χ2n) is 10.4. The molecule has 3 nitrogen and oxygen atoms in total. The van der Waals surface area contributed by atoms with Crippen molar-refractivity contribution in [2.75, 3.05) is 0 Å². The lowest BCUT2D eigenvalue weighted by Gasteiger charge is -2.34. The number of Topliss-reactive ketones (excluding diaryl/α,β-unsaturated/α-hetero) is 1. The van der Waals surface area contributed by atoms with Gasteiger partial charge < -0.3 is 9.84 Å². The zero-order valence-corrected chi connectivity index (χ0v) is 20.3. The zero-order chi connectivity index (χ0) is 23.2. The molecule has 3 heteroatoms. The molecule has 1 N–H and O–H groups in total. The number of rotatable bonds is 10. The van der Waals surface area contributed by atoms with Crippen LogP contribution in [0.1, 0.15) is 102 Å². The molecule has 2 aromatic rings. The van der Waals surface area contributed by atoms with Crippen LogP contribution in [0.25, 0.3) is 0 Å². The van der Waals surface area contributed by atoms with Crippen molar-refractivity contribution < 1.29 is 14.6 Å². The first kappa shape index (κ1) is 24.5. The molecule has 1 aliphatic carbocycles. The molecule has 1 fully saturated rings. The van der Waals surface area contributed by atoms with E-state index in [1.165, 1.54) is 31.2 Å². The van der Waals surface area contributed by atoms with Gasteiger partial charge in [-0.05, 0) is 48.8 Å². The lowest BCUT2D eigenvalue weighted by atomic mass is 9.74. The number of aliphatic hydroxyl groups is 1. The number of carbonyl (C=O) groups is 1. The van der Waals surface area contributed by atoms with E-state index < -0.39 is 5.60 Å². The summed E-state index contributed by atoms with van der Waals surface area (Å²) in [6.07, 6.45) is 7.53. The Morgan fingerprint density at radius 3 is 2.56 bits per heavy atom. The third-order valence-electron chi connectivity index (χ3n) is 7.01. The third kappa shape index (κ3) is 6.45. The van der Waals surface area contributed by atoms with Gasteiger partial charge in [-0.15, -0.1) is 0 Å². The van der Waals surface area contributed by atoms with Crippen LogP contribution in [0.4, 0.5) is 0 Å². The monoisotopic (exact) mass is 436 g/mol. The van der Waals surface area contributed by atoms with Crippen LogP contribution in [-0.2, 0) is 16.8 Å². The highest BCUT2D eigenvalue weighted by molar-refractivity contribution is 5.87. The average molecular weight is 437 g/mol. The fourth-order valence-electron chi connectivity index (χ4n) is 4.75. The molecule has 0 heterocycles. The number of ether oxygens (including phenoxy) is 1. The molecule has 0 amide bonds. The van der Waals surface area contributed by atoms with E-state index in [1.807, 2.05) is 25.1 Å². The van der Waals surface area contributed by atoms with E-state index in [0.29, 0.717) is 25.9 Å². The molecule has 3 rings (SSSR count). The number of benzene rings is 2. The van der Waals surface area contributed by atoms with E-state index in [-0.39, 0.29) is 17.1 Å². The summed E-state index contributed by atoms with van der Waals surface area (Å²) in [7, 11) is 0. The molecule has 1 aliphatic rings. The quantitative estimate of drug-likeness (QED) is 0.404. The third-order valence-corrected chi connectivity index (χ3v) is 7.01. The van der Waals surface area contributed by atoms with Crippen LogP contribution in [0.3, 0.4) is 0 Å². The molecule has 2 atom stereocenters. The lowest BCUT2D eigenvalue weighted by Crippen LogP contribution is -2.36. The van der Waals surface area contributed by atoms with Gasteiger partial charge in [0.15, 0.2) is 0 Å². The summed E-state index contributed by atoms with van der Waals surface area (Å²) >= 11 is 0. The van der Waals surface area contributed by atoms with Crippen LogP contribution in [0.15, 0.2) is 48.5 Å². The Labute approximate surface area is 194 Å². The minimum Gasteiger partial charge on any atom is -0.489 e. The first-order chi connectivity index (χ1) is 15.2. The van der Waals surface area contributed by atoms with Crippen molar-refractivity contribution in [3.63, 3.8) is 0 Å². The van der Waals surface area contributed by atoms with Crippen LogP contribution >= 0.6 is 0 Å². The molecule has 0 aromatic heterocycles. The van der Waals surface area contributed by atoms with Gasteiger partial charge in [0, 0.05) is 17.9 Å². The average Bonchev–Trinajstić information content (AvgIpc) is 2.77. The van der Waals surface area contributed by atoms with Crippen LogP contribution in [-0.4, -0.2) is 16.5 Å². The number of hydrogen-bond acceptors (Lipinski definition) is 3. The Morgan fingerprint density at radius 2 is 1.84 bits per heavy atom. The van der Waals surface area contributed by atoms with E-state index in [9.17, 15) is 9.90 Å². The second kappa shape index (κ2) is 10.7. The maximum Gasteiger partial charge on any atom is 0.140 e. The minimum atomic E-state index is -0.813. The topological polar surface area (TPSA) is 46.5 Å². The van der Waals surface area contributed by atoms with Crippen LogP contribution in [0.5, 0.6) is 5.75 Å². The maximum absolute atomic E-state index is 12.8. The fraction of sp³-hybridized carbons (Fsp3) is 0.552. The highest BCUT2D eigenvalue weighted by Gasteiger charge is 2.37. The number of carbonyl (C=O) groups excluding carboxylic acids is 1. The molecule has 174 valence electrons. The van der Waals surface area contributed by atoms with Gasteiger partial charge in [-0.3, -0.25) is 4.79 Å². The van der Waals surface area contributed by atoms with Crippen LogP contribution in [0, 0.1) is 0 Å². The van der Waals surface area contributed by atoms with Crippen molar-refractivity contribution in [1.29, 1.82) is 0 Å². The molecular formula is C29H40O3.